The van der Waals surface area contributed by atoms with Crippen LogP contribution in [0.1, 0.15) is 45.7 Å². The van der Waals surface area contributed by atoms with Crippen molar-refractivity contribution >= 4 is 40.6 Å². The van der Waals surface area contributed by atoms with E-state index < -0.39 is 17.3 Å². The highest BCUT2D eigenvalue weighted by Crippen LogP contribution is 2.32. The lowest BCUT2D eigenvalue weighted by Crippen LogP contribution is -2.47. The number of Topliss-reactive ketones (excluding diaryl/α,β-unsaturated/α-hetero) is 1. The van der Waals surface area contributed by atoms with Gasteiger partial charge in [0.1, 0.15) is 23.7 Å². The van der Waals surface area contributed by atoms with E-state index in [1.807, 2.05) is 19.9 Å². The van der Waals surface area contributed by atoms with Gasteiger partial charge in [-0.05, 0) is 52.8 Å². The van der Waals surface area contributed by atoms with Crippen LogP contribution in [0.4, 0.5) is 4.79 Å². The maximum Gasteiger partial charge on any atom is 0.411 e. The average Bonchev–Trinajstić information content (AvgIpc) is 2.89. The summed E-state index contributed by atoms with van der Waals surface area (Å²) in [6.07, 6.45) is 2.68. The highest BCUT2D eigenvalue weighted by molar-refractivity contribution is 7.81. The predicted molar refractivity (Wildman–Crippen MR) is 157 cm³/mol. The molecule has 2 heterocycles. The van der Waals surface area contributed by atoms with Crippen LogP contribution in [-0.4, -0.2) is 71.7 Å². The monoisotopic (exact) mass is 589 g/mol. The summed E-state index contributed by atoms with van der Waals surface area (Å²) in [5.74, 6) is 0.598. The summed E-state index contributed by atoms with van der Waals surface area (Å²) < 4.78 is 22.5. The van der Waals surface area contributed by atoms with Gasteiger partial charge in [-0.15, -0.1) is 0 Å². The number of carbonyl (C=O) groups is 2. The molecular weight excluding hydrogens is 554 g/mol. The smallest absolute Gasteiger partial charge is 0.411 e. The lowest BCUT2D eigenvalue weighted by Gasteiger charge is -2.32. The van der Waals surface area contributed by atoms with Crippen molar-refractivity contribution in [2.24, 2.45) is 0 Å². The highest BCUT2D eigenvalue weighted by Gasteiger charge is 2.34. The standard InChI is InChI=1S/C29H36ClN3O6S/c1-28(2,3)39-27(35)33-15-21(32-13-18-11-12-31-14-23(18)38-17-29(4,5)37-7)24(22(34)16-33)26(40)19-9-8-10-20(30)25(19)36-6/h8-12,14,32H,13,15-17H2,1-7H3. The number of ether oxygens (including phenoxy) is 4. The molecule has 1 aliphatic heterocycles. The fraction of sp³-hybridized carbons (Fsp3) is 0.448. The van der Waals surface area contributed by atoms with Crippen LogP contribution >= 0.6 is 23.8 Å². The molecule has 0 fully saturated rings. The van der Waals surface area contributed by atoms with E-state index in [-0.39, 0.29) is 35.9 Å². The number of hydrogen-bond acceptors (Lipinski definition) is 9. The minimum Gasteiger partial charge on any atom is -0.495 e. The first-order valence-electron chi connectivity index (χ1n) is 12.7. The topological polar surface area (TPSA) is 99.2 Å². The molecule has 3 rings (SSSR count). The van der Waals surface area contributed by atoms with Crippen LogP contribution in [0.2, 0.25) is 5.02 Å². The Morgan fingerprint density at radius 2 is 1.88 bits per heavy atom. The van der Waals surface area contributed by atoms with Gasteiger partial charge in [-0.1, -0.05) is 29.9 Å². The van der Waals surface area contributed by atoms with Crippen LogP contribution in [0.25, 0.3) is 0 Å². The Bertz CT molecular complexity index is 1300. The molecule has 0 radical (unpaired) electrons. The Kier molecular flexibility index (Phi) is 10.2. The molecule has 1 N–H and O–H groups in total. The van der Waals surface area contributed by atoms with Crippen LogP contribution in [0.15, 0.2) is 47.9 Å². The number of methoxy groups -OCH3 is 2. The first-order valence-corrected chi connectivity index (χ1v) is 13.5. The molecule has 0 atom stereocenters. The molecular formula is C29H36ClN3O6S. The number of nitrogens with one attached hydrogen (secondary N) is 1. The molecule has 0 unspecified atom stereocenters. The molecule has 2 aromatic rings. The number of para-hydroxylation sites is 1. The number of pyridine rings is 1. The molecule has 1 aromatic heterocycles. The molecule has 0 saturated carbocycles. The number of benzene rings is 1. The van der Waals surface area contributed by atoms with E-state index >= 15 is 0 Å². The fourth-order valence-electron chi connectivity index (χ4n) is 3.84. The molecule has 1 amide bonds. The van der Waals surface area contributed by atoms with Crippen molar-refractivity contribution in [3.63, 3.8) is 0 Å². The Morgan fingerprint density at radius 3 is 2.52 bits per heavy atom. The molecule has 0 bridgehead atoms. The number of thiocarbonyl (C=S) groups is 1. The molecule has 1 aromatic carbocycles. The van der Waals surface area contributed by atoms with Crippen molar-refractivity contribution in [2.75, 3.05) is 33.9 Å². The van der Waals surface area contributed by atoms with E-state index in [4.69, 9.17) is 42.8 Å². The van der Waals surface area contributed by atoms with E-state index in [2.05, 4.69) is 10.3 Å². The van der Waals surface area contributed by atoms with Gasteiger partial charge in [-0.3, -0.25) is 14.7 Å². The molecule has 11 heteroatoms. The van der Waals surface area contributed by atoms with Crippen molar-refractivity contribution in [1.29, 1.82) is 0 Å². The summed E-state index contributed by atoms with van der Waals surface area (Å²) >= 11 is 12.2. The van der Waals surface area contributed by atoms with Crippen LogP contribution in [0.5, 0.6) is 11.5 Å². The second-order valence-electron chi connectivity index (χ2n) is 10.9. The molecule has 0 spiro atoms. The molecule has 9 nitrogen and oxygen atoms in total. The third-order valence-electron chi connectivity index (χ3n) is 6.05. The number of ketones is 1. The van der Waals surface area contributed by atoms with Crippen molar-refractivity contribution < 1.29 is 28.5 Å². The minimum absolute atomic E-state index is 0.0803. The largest absolute Gasteiger partial charge is 0.495 e. The zero-order chi connectivity index (χ0) is 29.7. The highest BCUT2D eigenvalue weighted by atomic mass is 35.5. The van der Waals surface area contributed by atoms with Gasteiger partial charge in [0.25, 0.3) is 0 Å². The van der Waals surface area contributed by atoms with E-state index in [1.165, 1.54) is 12.0 Å². The number of amides is 1. The quantitative estimate of drug-likeness (QED) is 0.299. The lowest BCUT2D eigenvalue weighted by atomic mass is 9.95. The zero-order valence-electron chi connectivity index (χ0n) is 23.9. The first-order chi connectivity index (χ1) is 18.8. The first kappa shape index (κ1) is 31.3. The van der Waals surface area contributed by atoms with E-state index in [9.17, 15) is 9.59 Å². The van der Waals surface area contributed by atoms with Crippen molar-refractivity contribution in [2.45, 2.75) is 52.4 Å². The summed E-state index contributed by atoms with van der Waals surface area (Å²) in [6, 6.07) is 6.99. The van der Waals surface area contributed by atoms with Gasteiger partial charge in [-0.2, -0.15) is 0 Å². The van der Waals surface area contributed by atoms with Gasteiger partial charge in [0.2, 0.25) is 0 Å². The Morgan fingerprint density at radius 1 is 1.15 bits per heavy atom. The van der Waals surface area contributed by atoms with Crippen LogP contribution < -0.4 is 14.8 Å². The number of rotatable bonds is 10. The van der Waals surface area contributed by atoms with E-state index in [0.717, 1.165) is 5.56 Å². The lowest BCUT2D eigenvalue weighted by molar-refractivity contribution is -0.116. The summed E-state index contributed by atoms with van der Waals surface area (Å²) in [5, 5.41) is 3.70. The summed E-state index contributed by atoms with van der Waals surface area (Å²) in [4.78, 5) is 32.3. The van der Waals surface area contributed by atoms with Gasteiger partial charge in [-0.25, -0.2) is 4.79 Å². The Balaban J connectivity index is 1.98. The van der Waals surface area contributed by atoms with Gasteiger partial charge in [0, 0.05) is 36.7 Å². The van der Waals surface area contributed by atoms with Gasteiger partial charge in [0.15, 0.2) is 5.78 Å². The third kappa shape index (κ3) is 7.93. The van der Waals surface area contributed by atoms with Crippen molar-refractivity contribution in [3.8, 4) is 11.5 Å². The number of carbonyl (C=O) groups excluding carboxylic acids is 2. The SMILES string of the molecule is COc1c(Cl)cccc1C(=S)C1=C(NCc2ccncc2OCC(C)(C)OC)CN(C(=O)OC(C)(C)C)CC1=O. The van der Waals surface area contributed by atoms with Crippen LogP contribution in [0.3, 0.4) is 0 Å². The predicted octanol–water partition coefficient (Wildman–Crippen LogP) is 5.13. The minimum atomic E-state index is -0.722. The van der Waals surface area contributed by atoms with Crippen molar-refractivity contribution in [1.82, 2.24) is 15.2 Å². The second kappa shape index (κ2) is 13.0. The van der Waals surface area contributed by atoms with E-state index in [1.54, 1.807) is 58.5 Å². The summed E-state index contributed by atoms with van der Waals surface area (Å²) in [5.41, 5.74) is 0.833. The van der Waals surface area contributed by atoms with Gasteiger partial charge >= 0.3 is 6.09 Å². The maximum absolute atomic E-state index is 13.6. The molecule has 1 aliphatic rings. The second-order valence-corrected chi connectivity index (χ2v) is 11.7. The molecule has 216 valence electrons. The summed E-state index contributed by atoms with van der Waals surface area (Å²) in [7, 11) is 3.11. The van der Waals surface area contributed by atoms with Crippen LogP contribution in [-0.2, 0) is 20.8 Å². The summed E-state index contributed by atoms with van der Waals surface area (Å²) in [6.45, 7) is 9.62. The Hall–Kier alpha value is -3.21. The zero-order valence-corrected chi connectivity index (χ0v) is 25.5. The molecule has 0 aliphatic carbocycles. The third-order valence-corrected chi connectivity index (χ3v) is 6.77. The van der Waals surface area contributed by atoms with Crippen LogP contribution in [0, 0.1) is 0 Å². The number of nitrogens with zero attached hydrogens (tertiary/aromatic N) is 2. The average molecular weight is 590 g/mol. The maximum atomic E-state index is 13.6. The number of hydrogen-bond donors (Lipinski definition) is 1. The van der Waals surface area contributed by atoms with Gasteiger partial charge in [0.05, 0.1) is 47.5 Å². The van der Waals surface area contributed by atoms with Gasteiger partial charge < -0.3 is 24.3 Å². The van der Waals surface area contributed by atoms with Crippen molar-refractivity contribution in [3.05, 3.63) is 64.1 Å². The Labute approximate surface area is 245 Å². The number of halogens is 1. The fourth-order valence-corrected chi connectivity index (χ4v) is 4.49. The molecule has 40 heavy (non-hydrogen) atoms. The molecule has 0 saturated heterocycles. The normalized spacial score (nSPS) is 14.2. The number of aromatic nitrogens is 1. The van der Waals surface area contributed by atoms with E-state index in [0.29, 0.717) is 34.4 Å².